The van der Waals surface area contributed by atoms with E-state index in [4.69, 9.17) is 0 Å². The van der Waals surface area contributed by atoms with Crippen molar-refractivity contribution in [2.24, 2.45) is 0 Å². The summed E-state index contributed by atoms with van der Waals surface area (Å²) in [6.45, 7) is 4.10. The van der Waals surface area contributed by atoms with Gasteiger partial charge in [-0.3, -0.25) is 4.79 Å². The minimum absolute atomic E-state index is 0.00900. The highest BCUT2D eigenvalue weighted by atomic mass is 19.4. The summed E-state index contributed by atoms with van der Waals surface area (Å²) in [5.41, 5.74) is 4.01. The summed E-state index contributed by atoms with van der Waals surface area (Å²) >= 11 is 0. The molecule has 1 fully saturated rings. The molecule has 5 rings (SSSR count). The van der Waals surface area contributed by atoms with Gasteiger partial charge in [0.25, 0.3) is 0 Å². The number of alkyl halides is 3. The van der Waals surface area contributed by atoms with Crippen LogP contribution in [0.2, 0.25) is 0 Å². The van der Waals surface area contributed by atoms with Gasteiger partial charge in [-0.15, -0.1) is 0 Å². The molecule has 0 saturated carbocycles. The minimum atomic E-state index is -4.45. The number of hydrogen-bond donors (Lipinski definition) is 0. The first kappa shape index (κ1) is 24.2. The van der Waals surface area contributed by atoms with E-state index in [-0.39, 0.29) is 12.3 Å². The number of likely N-dealkylation sites (tertiary alicyclic amines) is 1. The minimum Gasteiger partial charge on any atom is -0.343 e. The molecule has 1 aliphatic rings. The number of rotatable bonds is 6. The second-order valence-electron chi connectivity index (χ2n) is 9.68. The van der Waals surface area contributed by atoms with Crippen molar-refractivity contribution in [2.45, 2.75) is 44.8 Å². The maximum absolute atomic E-state index is 13.6. The topological polar surface area (TPSA) is 25.2 Å². The summed E-state index contributed by atoms with van der Waals surface area (Å²) < 4.78 is 42.9. The Morgan fingerprint density at radius 1 is 0.944 bits per heavy atom. The molecule has 3 nitrogen and oxygen atoms in total. The standard InChI is InChI=1S/C30H29F3N2O/c1-21-11-13-22(14-12-21)19-35-20-27(25-9-2-3-10-28(25)35)26(18-29(36)34-15-4-5-16-34)23-7-6-8-24(17-23)30(31,32)33/h2-3,6-14,17,20,26H,4-5,15-16,18-19H2,1H3. The second-order valence-corrected chi connectivity index (χ2v) is 9.68. The van der Waals surface area contributed by atoms with Crippen molar-refractivity contribution in [3.63, 3.8) is 0 Å². The average Bonchev–Trinajstić information content (AvgIpc) is 3.53. The fourth-order valence-electron chi connectivity index (χ4n) is 5.18. The highest BCUT2D eigenvalue weighted by Gasteiger charge is 2.32. The highest BCUT2D eigenvalue weighted by Crippen LogP contribution is 2.38. The van der Waals surface area contributed by atoms with Crippen LogP contribution in [0.25, 0.3) is 10.9 Å². The van der Waals surface area contributed by atoms with Crippen LogP contribution in [-0.2, 0) is 17.5 Å². The molecule has 0 spiro atoms. The number of nitrogens with zero attached hydrogens (tertiary/aromatic N) is 2. The molecule has 1 atom stereocenters. The zero-order valence-corrected chi connectivity index (χ0v) is 20.3. The molecular weight excluding hydrogens is 461 g/mol. The van der Waals surface area contributed by atoms with Crippen molar-refractivity contribution >= 4 is 16.8 Å². The van der Waals surface area contributed by atoms with Gasteiger partial charge in [0.05, 0.1) is 5.56 Å². The number of carbonyl (C=O) groups is 1. The van der Waals surface area contributed by atoms with E-state index in [1.54, 1.807) is 6.07 Å². The SMILES string of the molecule is Cc1ccc(Cn2cc(C(CC(=O)N3CCCC3)c3cccc(C(F)(F)F)c3)c3ccccc32)cc1. The Morgan fingerprint density at radius 2 is 1.67 bits per heavy atom. The van der Waals surface area contributed by atoms with Gasteiger partial charge in [0.2, 0.25) is 5.91 Å². The smallest absolute Gasteiger partial charge is 0.343 e. The van der Waals surface area contributed by atoms with E-state index in [1.165, 1.54) is 17.7 Å². The van der Waals surface area contributed by atoms with E-state index < -0.39 is 17.7 Å². The maximum Gasteiger partial charge on any atom is 0.416 e. The van der Waals surface area contributed by atoms with E-state index in [0.29, 0.717) is 25.2 Å². The molecule has 1 unspecified atom stereocenters. The second kappa shape index (κ2) is 9.84. The molecule has 0 aliphatic carbocycles. The Labute approximate surface area is 209 Å². The fourth-order valence-corrected chi connectivity index (χ4v) is 5.18. The van der Waals surface area contributed by atoms with Crippen molar-refractivity contribution < 1.29 is 18.0 Å². The number of hydrogen-bond acceptors (Lipinski definition) is 1. The Morgan fingerprint density at radius 3 is 2.39 bits per heavy atom. The Hall–Kier alpha value is -3.54. The van der Waals surface area contributed by atoms with Crippen molar-refractivity contribution in [3.8, 4) is 0 Å². The number of para-hydroxylation sites is 1. The molecule has 36 heavy (non-hydrogen) atoms. The van der Waals surface area contributed by atoms with E-state index >= 15 is 0 Å². The lowest BCUT2D eigenvalue weighted by atomic mass is 9.87. The van der Waals surface area contributed by atoms with Gasteiger partial charge in [-0.25, -0.2) is 0 Å². The largest absolute Gasteiger partial charge is 0.416 e. The lowest BCUT2D eigenvalue weighted by Crippen LogP contribution is -2.29. The summed E-state index contributed by atoms with van der Waals surface area (Å²) in [7, 11) is 0. The number of carbonyl (C=O) groups excluding carboxylic acids is 1. The first-order valence-corrected chi connectivity index (χ1v) is 12.4. The van der Waals surface area contributed by atoms with Crippen LogP contribution in [0.4, 0.5) is 13.2 Å². The molecule has 1 aromatic heterocycles. The van der Waals surface area contributed by atoms with Crippen LogP contribution in [0.1, 0.15) is 53.0 Å². The van der Waals surface area contributed by atoms with Crippen LogP contribution in [-0.4, -0.2) is 28.5 Å². The molecule has 0 bridgehead atoms. The van der Waals surface area contributed by atoms with Gasteiger partial charge in [-0.05, 0) is 48.6 Å². The van der Waals surface area contributed by atoms with Crippen LogP contribution in [0, 0.1) is 6.92 Å². The van der Waals surface area contributed by atoms with Crippen LogP contribution >= 0.6 is 0 Å². The third kappa shape index (κ3) is 5.03. The van der Waals surface area contributed by atoms with Crippen LogP contribution < -0.4 is 0 Å². The molecule has 1 aliphatic heterocycles. The van der Waals surface area contributed by atoms with Gasteiger partial charge in [-0.1, -0.05) is 66.2 Å². The van der Waals surface area contributed by atoms with Gasteiger partial charge < -0.3 is 9.47 Å². The molecular formula is C30H29F3N2O. The quantitative estimate of drug-likeness (QED) is 0.281. The first-order valence-electron chi connectivity index (χ1n) is 12.4. The molecule has 3 aromatic carbocycles. The lowest BCUT2D eigenvalue weighted by molar-refractivity contribution is -0.137. The molecule has 4 aromatic rings. The summed E-state index contributed by atoms with van der Waals surface area (Å²) in [6, 6.07) is 21.7. The Bertz CT molecular complexity index is 1370. The van der Waals surface area contributed by atoms with E-state index in [0.717, 1.165) is 40.9 Å². The fraction of sp³-hybridized carbons (Fsp3) is 0.300. The van der Waals surface area contributed by atoms with Crippen molar-refractivity contribution in [1.82, 2.24) is 9.47 Å². The lowest BCUT2D eigenvalue weighted by Gasteiger charge is -2.22. The molecule has 186 valence electrons. The van der Waals surface area contributed by atoms with E-state index in [2.05, 4.69) is 28.8 Å². The number of aromatic nitrogens is 1. The molecule has 6 heteroatoms. The maximum atomic E-state index is 13.6. The summed E-state index contributed by atoms with van der Waals surface area (Å²) in [5.74, 6) is -0.491. The number of benzene rings is 3. The van der Waals surface area contributed by atoms with Crippen molar-refractivity contribution in [2.75, 3.05) is 13.1 Å². The average molecular weight is 491 g/mol. The normalized spacial score (nSPS) is 14.9. The predicted octanol–water partition coefficient (Wildman–Crippen LogP) is 7.16. The summed E-state index contributed by atoms with van der Waals surface area (Å²) in [6.07, 6.45) is -0.350. The molecule has 1 amide bonds. The molecule has 0 radical (unpaired) electrons. The molecule has 1 saturated heterocycles. The van der Waals surface area contributed by atoms with E-state index in [9.17, 15) is 18.0 Å². The van der Waals surface area contributed by atoms with Gasteiger partial charge in [0.1, 0.15) is 0 Å². The van der Waals surface area contributed by atoms with Crippen LogP contribution in [0.5, 0.6) is 0 Å². The van der Waals surface area contributed by atoms with Gasteiger partial charge in [0.15, 0.2) is 0 Å². The number of fused-ring (bicyclic) bond motifs is 1. The van der Waals surface area contributed by atoms with Crippen molar-refractivity contribution in [1.29, 1.82) is 0 Å². The summed E-state index contributed by atoms with van der Waals surface area (Å²) in [5, 5.41) is 0.959. The van der Waals surface area contributed by atoms with Gasteiger partial charge in [-0.2, -0.15) is 13.2 Å². The van der Waals surface area contributed by atoms with Crippen LogP contribution in [0.15, 0.2) is 79.0 Å². The molecule has 0 N–H and O–H groups in total. The highest BCUT2D eigenvalue weighted by molar-refractivity contribution is 5.87. The Balaban J connectivity index is 1.60. The third-order valence-electron chi connectivity index (χ3n) is 7.12. The zero-order valence-electron chi connectivity index (χ0n) is 20.3. The number of halogens is 3. The third-order valence-corrected chi connectivity index (χ3v) is 7.12. The van der Waals surface area contributed by atoms with E-state index in [1.807, 2.05) is 42.3 Å². The summed E-state index contributed by atoms with van der Waals surface area (Å²) in [4.78, 5) is 15.1. The zero-order chi connectivity index (χ0) is 25.3. The van der Waals surface area contributed by atoms with Gasteiger partial charge >= 0.3 is 6.18 Å². The van der Waals surface area contributed by atoms with Crippen molar-refractivity contribution in [3.05, 3.63) is 107 Å². The first-order chi connectivity index (χ1) is 17.3. The number of amides is 1. The van der Waals surface area contributed by atoms with Gasteiger partial charge in [0, 0.05) is 49.1 Å². The Kier molecular flexibility index (Phi) is 6.61. The predicted molar refractivity (Wildman–Crippen MR) is 136 cm³/mol. The van der Waals surface area contributed by atoms with Crippen LogP contribution in [0.3, 0.4) is 0 Å². The number of aryl methyl sites for hydroxylation is 1. The monoisotopic (exact) mass is 490 g/mol. The molecule has 2 heterocycles.